The van der Waals surface area contributed by atoms with Crippen LogP contribution in [-0.2, 0) is 0 Å². The van der Waals surface area contributed by atoms with Crippen LogP contribution in [-0.4, -0.2) is 17.0 Å². The molecule has 0 bridgehead atoms. The first kappa shape index (κ1) is 13.5. The van der Waals surface area contributed by atoms with Gasteiger partial charge in [0.15, 0.2) is 5.76 Å². The largest absolute Gasteiger partial charge is 0.454 e. The SMILES string of the molecule is CNc1ncnc(-c2cc3cc(F)ccc3o2)c1C(C)C. The summed E-state index contributed by atoms with van der Waals surface area (Å²) in [6, 6.07) is 6.28. The molecule has 0 fully saturated rings. The van der Waals surface area contributed by atoms with Crippen molar-refractivity contribution in [1.29, 1.82) is 0 Å². The van der Waals surface area contributed by atoms with Crippen LogP contribution in [0.5, 0.6) is 0 Å². The van der Waals surface area contributed by atoms with Crippen molar-refractivity contribution in [3.63, 3.8) is 0 Å². The van der Waals surface area contributed by atoms with Crippen LogP contribution in [0.4, 0.5) is 10.2 Å². The van der Waals surface area contributed by atoms with Crippen LogP contribution in [0.15, 0.2) is 35.0 Å². The lowest BCUT2D eigenvalue weighted by atomic mass is 10.0. The van der Waals surface area contributed by atoms with Crippen molar-refractivity contribution >= 4 is 16.8 Å². The minimum Gasteiger partial charge on any atom is -0.454 e. The van der Waals surface area contributed by atoms with Gasteiger partial charge in [0, 0.05) is 18.0 Å². The number of nitrogens with one attached hydrogen (secondary N) is 1. The van der Waals surface area contributed by atoms with Crippen molar-refractivity contribution in [2.45, 2.75) is 19.8 Å². The minimum atomic E-state index is -0.280. The molecule has 108 valence electrons. The Morgan fingerprint density at radius 3 is 2.71 bits per heavy atom. The zero-order chi connectivity index (χ0) is 15.0. The van der Waals surface area contributed by atoms with Gasteiger partial charge in [-0.15, -0.1) is 0 Å². The molecule has 1 aromatic carbocycles. The zero-order valence-corrected chi connectivity index (χ0v) is 12.1. The van der Waals surface area contributed by atoms with Crippen LogP contribution in [0.1, 0.15) is 25.3 Å². The second-order valence-electron chi connectivity index (χ2n) is 5.18. The summed E-state index contributed by atoms with van der Waals surface area (Å²) in [7, 11) is 1.83. The quantitative estimate of drug-likeness (QED) is 0.783. The van der Waals surface area contributed by atoms with Crippen molar-refractivity contribution in [3.05, 3.63) is 42.0 Å². The summed E-state index contributed by atoms with van der Waals surface area (Å²) in [4.78, 5) is 8.61. The molecule has 3 aromatic rings. The van der Waals surface area contributed by atoms with Gasteiger partial charge in [0.25, 0.3) is 0 Å². The highest BCUT2D eigenvalue weighted by molar-refractivity contribution is 5.83. The molecule has 21 heavy (non-hydrogen) atoms. The first-order chi connectivity index (χ1) is 10.1. The van der Waals surface area contributed by atoms with Crippen LogP contribution < -0.4 is 5.32 Å². The van der Waals surface area contributed by atoms with Crippen LogP contribution in [0, 0.1) is 5.82 Å². The first-order valence-corrected chi connectivity index (χ1v) is 6.82. The third kappa shape index (κ3) is 2.35. The number of hydrogen-bond acceptors (Lipinski definition) is 4. The third-order valence-electron chi connectivity index (χ3n) is 3.41. The Bertz CT molecular complexity index is 795. The van der Waals surface area contributed by atoms with E-state index in [-0.39, 0.29) is 11.7 Å². The van der Waals surface area contributed by atoms with E-state index in [1.165, 1.54) is 18.5 Å². The summed E-state index contributed by atoms with van der Waals surface area (Å²) < 4.78 is 19.1. The van der Waals surface area contributed by atoms with Crippen molar-refractivity contribution in [2.75, 3.05) is 12.4 Å². The second-order valence-corrected chi connectivity index (χ2v) is 5.18. The van der Waals surface area contributed by atoms with Crippen LogP contribution >= 0.6 is 0 Å². The molecule has 0 saturated heterocycles. The van der Waals surface area contributed by atoms with E-state index in [9.17, 15) is 4.39 Å². The molecule has 5 heteroatoms. The van der Waals surface area contributed by atoms with Crippen molar-refractivity contribution < 1.29 is 8.81 Å². The molecular formula is C16H16FN3O. The molecule has 0 amide bonds. The van der Waals surface area contributed by atoms with Crippen molar-refractivity contribution in [3.8, 4) is 11.5 Å². The van der Waals surface area contributed by atoms with Crippen LogP contribution in [0.25, 0.3) is 22.4 Å². The number of fused-ring (bicyclic) bond motifs is 1. The fraction of sp³-hybridized carbons (Fsp3) is 0.250. The average molecular weight is 285 g/mol. The van der Waals surface area contributed by atoms with Gasteiger partial charge in [0.1, 0.15) is 29.2 Å². The number of halogens is 1. The summed E-state index contributed by atoms with van der Waals surface area (Å²) in [6.45, 7) is 4.15. The number of rotatable bonds is 3. The summed E-state index contributed by atoms with van der Waals surface area (Å²) in [5, 5.41) is 3.80. The van der Waals surface area contributed by atoms with E-state index in [2.05, 4.69) is 29.1 Å². The molecule has 0 aliphatic rings. The average Bonchev–Trinajstić information content (AvgIpc) is 2.89. The maximum Gasteiger partial charge on any atom is 0.154 e. The summed E-state index contributed by atoms with van der Waals surface area (Å²) in [6.07, 6.45) is 1.50. The summed E-state index contributed by atoms with van der Waals surface area (Å²) in [5.74, 6) is 1.35. The standard InChI is InChI=1S/C16H16FN3O/c1-9(2)14-15(19-8-20-16(14)18-3)13-7-10-6-11(17)4-5-12(10)21-13/h4-9H,1-3H3,(H,18,19,20). The Morgan fingerprint density at radius 1 is 1.19 bits per heavy atom. The highest BCUT2D eigenvalue weighted by Gasteiger charge is 2.18. The fourth-order valence-electron chi connectivity index (χ4n) is 2.47. The predicted octanol–water partition coefficient (Wildman–Crippen LogP) is 4.19. The van der Waals surface area contributed by atoms with Crippen molar-refractivity contribution in [2.24, 2.45) is 0 Å². The van der Waals surface area contributed by atoms with Gasteiger partial charge >= 0.3 is 0 Å². The molecule has 0 spiro atoms. The zero-order valence-electron chi connectivity index (χ0n) is 12.1. The molecular weight excluding hydrogens is 269 g/mol. The smallest absolute Gasteiger partial charge is 0.154 e. The molecule has 1 N–H and O–H groups in total. The molecule has 0 unspecified atom stereocenters. The lowest BCUT2D eigenvalue weighted by molar-refractivity contribution is 0.616. The van der Waals surface area contributed by atoms with Crippen LogP contribution in [0.2, 0.25) is 0 Å². The highest BCUT2D eigenvalue weighted by atomic mass is 19.1. The fourth-order valence-corrected chi connectivity index (χ4v) is 2.47. The summed E-state index contributed by atoms with van der Waals surface area (Å²) >= 11 is 0. The maximum absolute atomic E-state index is 13.3. The number of benzene rings is 1. The topological polar surface area (TPSA) is 51.0 Å². The Kier molecular flexibility index (Phi) is 3.33. The Morgan fingerprint density at radius 2 is 2.00 bits per heavy atom. The monoisotopic (exact) mass is 285 g/mol. The molecule has 3 rings (SSSR count). The van der Waals surface area contributed by atoms with E-state index >= 15 is 0 Å². The van der Waals surface area contributed by atoms with Gasteiger partial charge in [-0.1, -0.05) is 13.8 Å². The maximum atomic E-state index is 13.3. The van der Waals surface area contributed by atoms with Gasteiger partial charge in [-0.25, -0.2) is 14.4 Å². The van der Waals surface area contributed by atoms with E-state index < -0.39 is 0 Å². The van der Waals surface area contributed by atoms with Gasteiger partial charge in [-0.3, -0.25) is 0 Å². The van der Waals surface area contributed by atoms with Gasteiger partial charge in [0.05, 0.1) is 0 Å². The molecule has 0 radical (unpaired) electrons. The van der Waals surface area contributed by atoms with Crippen LogP contribution in [0.3, 0.4) is 0 Å². The number of nitrogens with zero attached hydrogens (tertiary/aromatic N) is 2. The number of aromatic nitrogens is 2. The number of anilines is 1. The Hall–Kier alpha value is -2.43. The molecule has 2 heterocycles. The van der Waals surface area contributed by atoms with Gasteiger partial charge in [0.2, 0.25) is 0 Å². The van der Waals surface area contributed by atoms with E-state index in [4.69, 9.17) is 4.42 Å². The van der Waals surface area contributed by atoms with Gasteiger partial charge < -0.3 is 9.73 Å². The second kappa shape index (κ2) is 5.16. The number of furan rings is 1. The molecule has 0 saturated carbocycles. The Labute approximate surface area is 122 Å². The molecule has 0 atom stereocenters. The first-order valence-electron chi connectivity index (χ1n) is 6.82. The summed E-state index contributed by atoms with van der Waals surface area (Å²) in [5.41, 5.74) is 2.37. The lowest BCUT2D eigenvalue weighted by Gasteiger charge is -2.13. The minimum absolute atomic E-state index is 0.230. The van der Waals surface area contributed by atoms with Crippen molar-refractivity contribution in [1.82, 2.24) is 9.97 Å². The van der Waals surface area contributed by atoms with E-state index in [0.29, 0.717) is 11.3 Å². The normalized spacial score (nSPS) is 11.3. The highest BCUT2D eigenvalue weighted by Crippen LogP contribution is 2.34. The van der Waals surface area contributed by atoms with Gasteiger partial charge in [-0.05, 0) is 30.2 Å². The van der Waals surface area contributed by atoms with E-state index in [1.54, 1.807) is 6.07 Å². The van der Waals surface area contributed by atoms with E-state index in [1.807, 2.05) is 13.1 Å². The number of hydrogen-bond donors (Lipinski definition) is 1. The predicted molar refractivity (Wildman–Crippen MR) is 80.8 cm³/mol. The molecule has 2 aromatic heterocycles. The molecule has 4 nitrogen and oxygen atoms in total. The molecule has 0 aliphatic heterocycles. The van der Waals surface area contributed by atoms with Gasteiger partial charge in [-0.2, -0.15) is 0 Å². The third-order valence-corrected chi connectivity index (χ3v) is 3.41. The van der Waals surface area contributed by atoms with E-state index in [0.717, 1.165) is 22.5 Å². The Balaban J connectivity index is 2.22. The molecule has 0 aliphatic carbocycles. The lowest BCUT2D eigenvalue weighted by Crippen LogP contribution is -2.04.